The van der Waals surface area contributed by atoms with Crippen LogP contribution in [0.15, 0.2) is 60.7 Å². The predicted octanol–water partition coefficient (Wildman–Crippen LogP) is 2.99. The second kappa shape index (κ2) is 10.2. The van der Waals surface area contributed by atoms with E-state index in [2.05, 4.69) is 5.32 Å². The highest BCUT2D eigenvalue weighted by Gasteiger charge is 2.23. The summed E-state index contributed by atoms with van der Waals surface area (Å²) < 4.78 is 10.7. The summed E-state index contributed by atoms with van der Waals surface area (Å²) >= 11 is 0. The van der Waals surface area contributed by atoms with E-state index < -0.39 is 12.0 Å². The van der Waals surface area contributed by atoms with Crippen LogP contribution in [0.5, 0.6) is 5.75 Å². The van der Waals surface area contributed by atoms with Crippen LogP contribution in [0.4, 0.5) is 0 Å². The van der Waals surface area contributed by atoms with Crippen molar-refractivity contribution in [2.24, 2.45) is 5.92 Å². The number of esters is 1. The van der Waals surface area contributed by atoms with Crippen molar-refractivity contribution < 1.29 is 19.1 Å². The lowest BCUT2D eigenvalue weighted by atomic mass is 9.99. The fraction of sp³-hybridized carbons (Fsp3) is 0.333. The summed E-state index contributed by atoms with van der Waals surface area (Å²) in [5, 5.41) is 2.80. The van der Waals surface area contributed by atoms with Crippen LogP contribution in [0, 0.1) is 5.92 Å². The predicted molar refractivity (Wildman–Crippen MR) is 99.8 cm³/mol. The molecule has 2 aromatic carbocycles. The van der Waals surface area contributed by atoms with Crippen LogP contribution in [-0.4, -0.2) is 31.1 Å². The Morgan fingerprint density at radius 3 is 2.23 bits per heavy atom. The Kier molecular flexibility index (Phi) is 7.68. The summed E-state index contributed by atoms with van der Waals surface area (Å²) in [5.74, 6) is -0.392. The van der Waals surface area contributed by atoms with E-state index in [0.29, 0.717) is 18.8 Å². The van der Waals surface area contributed by atoms with Crippen molar-refractivity contribution in [2.45, 2.75) is 26.4 Å². The normalized spacial score (nSPS) is 12.7. The second-order valence-corrected chi connectivity index (χ2v) is 5.96. The van der Waals surface area contributed by atoms with Crippen molar-refractivity contribution in [3.63, 3.8) is 0 Å². The highest BCUT2D eigenvalue weighted by atomic mass is 16.5. The lowest BCUT2D eigenvalue weighted by Gasteiger charge is -2.19. The minimum absolute atomic E-state index is 0.203. The fourth-order valence-electron chi connectivity index (χ4n) is 2.52. The summed E-state index contributed by atoms with van der Waals surface area (Å²) in [6.07, 6.45) is -0.148. The van der Waals surface area contributed by atoms with Crippen molar-refractivity contribution >= 4 is 11.9 Å². The zero-order valence-electron chi connectivity index (χ0n) is 15.2. The Morgan fingerprint density at radius 1 is 1.00 bits per heavy atom. The molecule has 0 aliphatic heterocycles. The molecule has 0 aromatic heterocycles. The van der Waals surface area contributed by atoms with Crippen molar-refractivity contribution in [1.82, 2.24) is 5.32 Å². The zero-order chi connectivity index (χ0) is 18.8. The van der Waals surface area contributed by atoms with Crippen LogP contribution in [0.25, 0.3) is 0 Å². The molecule has 1 amide bonds. The van der Waals surface area contributed by atoms with Gasteiger partial charge < -0.3 is 14.8 Å². The first-order valence-corrected chi connectivity index (χ1v) is 8.80. The Bertz CT molecular complexity index is 688. The van der Waals surface area contributed by atoms with Crippen LogP contribution >= 0.6 is 0 Å². The average molecular weight is 355 g/mol. The third kappa shape index (κ3) is 6.24. The summed E-state index contributed by atoms with van der Waals surface area (Å²) in [6.45, 7) is 3.96. The van der Waals surface area contributed by atoms with Gasteiger partial charge in [-0.1, -0.05) is 48.5 Å². The van der Waals surface area contributed by atoms with E-state index in [9.17, 15) is 9.59 Å². The van der Waals surface area contributed by atoms with Gasteiger partial charge in [0.25, 0.3) is 5.91 Å². The number of carbonyl (C=O) groups is 2. The number of hydrogen-bond donors (Lipinski definition) is 1. The molecule has 2 unspecified atom stereocenters. The molecule has 2 atom stereocenters. The number of ether oxygens (including phenoxy) is 2. The van der Waals surface area contributed by atoms with Gasteiger partial charge in [0, 0.05) is 6.54 Å². The molecule has 2 rings (SSSR count). The van der Waals surface area contributed by atoms with Gasteiger partial charge in [0.15, 0.2) is 6.10 Å². The fourth-order valence-corrected chi connectivity index (χ4v) is 2.52. The van der Waals surface area contributed by atoms with Gasteiger partial charge in [0.05, 0.1) is 12.5 Å². The molecule has 0 fully saturated rings. The Hall–Kier alpha value is -2.82. The van der Waals surface area contributed by atoms with Gasteiger partial charge in [-0.3, -0.25) is 9.59 Å². The van der Waals surface area contributed by atoms with Crippen LogP contribution in [0.1, 0.15) is 19.4 Å². The summed E-state index contributed by atoms with van der Waals surface area (Å²) in [7, 11) is 0. The van der Waals surface area contributed by atoms with Crippen LogP contribution in [0.3, 0.4) is 0 Å². The second-order valence-electron chi connectivity index (χ2n) is 5.96. The topological polar surface area (TPSA) is 64.6 Å². The lowest BCUT2D eigenvalue weighted by Crippen LogP contribution is -2.41. The van der Waals surface area contributed by atoms with Gasteiger partial charge in [-0.15, -0.1) is 0 Å². The molecular formula is C21H25NO4. The quantitative estimate of drug-likeness (QED) is 0.703. The molecule has 0 spiro atoms. The Balaban J connectivity index is 1.92. The number of nitrogens with one attached hydrogen (secondary N) is 1. The highest BCUT2D eigenvalue weighted by Crippen LogP contribution is 2.12. The van der Waals surface area contributed by atoms with E-state index >= 15 is 0 Å². The summed E-state index contributed by atoms with van der Waals surface area (Å²) in [5.41, 5.74) is 1.02. The molecule has 5 nitrogen and oxygen atoms in total. The van der Waals surface area contributed by atoms with Gasteiger partial charge in [0.2, 0.25) is 0 Å². The Morgan fingerprint density at radius 2 is 1.62 bits per heavy atom. The van der Waals surface area contributed by atoms with Gasteiger partial charge in [0.1, 0.15) is 5.75 Å². The molecule has 0 aliphatic rings. The van der Waals surface area contributed by atoms with Gasteiger partial charge in [-0.2, -0.15) is 0 Å². The maximum atomic E-state index is 12.3. The molecule has 2 aromatic rings. The first-order chi connectivity index (χ1) is 12.6. The number of hydrogen-bond acceptors (Lipinski definition) is 4. The molecule has 26 heavy (non-hydrogen) atoms. The summed E-state index contributed by atoms with van der Waals surface area (Å²) in [6, 6.07) is 18.8. The smallest absolute Gasteiger partial charge is 0.311 e. The van der Waals surface area contributed by atoms with Crippen molar-refractivity contribution in [1.29, 1.82) is 0 Å². The van der Waals surface area contributed by atoms with E-state index in [1.54, 1.807) is 26.0 Å². The van der Waals surface area contributed by atoms with Crippen molar-refractivity contribution in [3.05, 3.63) is 66.2 Å². The first-order valence-electron chi connectivity index (χ1n) is 8.80. The first kappa shape index (κ1) is 19.5. The van der Waals surface area contributed by atoms with E-state index in [0.717, 1.165) is 5.56 Å². The standard InChI is InChI=1S/C21H25NO4/c1-3-25-21(24)18(14-17-10-6-4-7-11-17)15-22-20(23)16(2)26-19-12-8-5-9-13-19/h4-13,16,18H,3,14-15H2,1-2H3,(H,22,23). The number of para-hydroxylation sites is 1. The molecule has 0 saturated heterocycles. The molecule has 0 bridgehead atoms. The zero-order valence-corrected chi connectivity index (χ0v) is 15.2. The van der Waals surface area contributed by atoms with Gasteiger partial charge >= 0.3 is 5.97 Å². The molecular weight excluding hydrogens is 330 g/mol. The highest BCUT2D eigenvalue weighted by molar-refractivity contribution is 5.81. The molecule has 1 N–H and O–H groups in total. The summed E-state index contributed by atoms with van der Waals surface area (Å²) in [4.78, 5) is 24.5. The van der Waals surface area contributed by atoms with E-state index in [-0.39, 0.29) is 18.4 Å². The molecule has 0 heterocycles. The number of rotatable bonds is 9. The number of carbonyl (C=O) groups excluding carboxylic acids is 2. The van der Waals surface area contributed by atoms with E-state index in [4.69, 9.17) is 9.47 Å². The number of benzene rings is 2. The molecule has 0 aliphatic carbocycles. The van der Waals surface area contributed by atoms with Crippen LogP contribution in [0.2, 0.25) is 0 Å². The van der Waals surface area contributed by atoms with E-state index in [1.807, 2.05) is 48.5 Å². The maximum absolute atomic E-state index is 12.3. The molecule has 0 radical (unpaired) electrons. The van der Waals surface area contributed by atoms with Gasteiger partial charge in [-0.25, -0.2) is 0 Å². The van der Waals surface area contributed by atoms with Crippen LogP contribution in [-0.2, 0) is 20.7 Å². The Labute approximate surface area is 154 Å². The maximum Gasteiger partial charge on any atom is 0.311 e. The SMILES string of the molecule is CCOC(=O)C(CNC(=O)C(C)Oc1ccccc1)Cc1ccccc1. The molecule has 0 saturated carbocycles. The van der Waals surface area contributed by atoms with E-state index in [1.165, 1.54) is 0 Å². The number of amides is 1. The monoisotopic (exact) mass is 355 g/mol. The minimum Gasteiger partial charge on any atom is -0.481 e. The third-order valence-electron chi connectivity index (χ3n) is 3.89. The minimum atomic E-state index is -0.656. The van der Waals surface area contributed by atoms with Crippen molar-refractivity contribution in [3.8, 4) is 5.75 Å². The molecule has 5 heteroatoms. The van der Waals surface area contributed by atoms with Crippen LogP contribution < -0.4 is 10.1 Å². The lowest BCUT2D eigenvalue weighted by molar-refractivity contribution is -0.148. The third-order valence-corrected chi connectivity index (χ3v) is 3.89. The average Bonchev–Trinajstić information content (AvgIpc) is 2.66. The largest absolute Gasteiger partial charge is 0.481 e. The van der Waals surface area contributed by atoms with Crippen molar-refractivity contribution in [2.75, 3.05) is 13.2 Å². The molecule has 138 valence electrons. The van der Waals surface area contributed by atoms with Gasteiger partial charge in [-0.05, 0) is 38.0 Å².